The number of likely N-dealkylation sites (tertiary alicyclic amines) is 1. The predicted octanol–water partition coefficient (Wildman–Crippen LogP) is 6.28. The van der Waals surface area contributed by atoms with E-state index >= 15 is 0 Å². The lowest BCUT2D eigenvalue weighted by Crippen LogP contribution is -2.49. The smallest absolute Gasteiger partial charge is 0.261 e. The fraction of sp³-hybridized carbons (Fsp3) is 0.522. The maximum absolute atomic E-state index is 12.6. The van der Waals surface area contributed by atoms with Gasteiger partial charge in [-0.05, 0) is 62.4 Å². The third kappa shape index (κ3) is 6.37. The molecule has 0 radical (unpaired) electrons. The normalized spacial score (nSPS) is 16.9. The summed E-state index contributed by atoms with van der Waals surface area (Å²) < 4.78 is -0.851. The van der Waals surface area contributed by atoms with E-state index in [1.54, 1.807) is 11.3 Å². The Morgan fingerprint density at radius 3 is 2.33 bits per heavy atom. The number of aryl methyl sites for hydroxylation is 1. The number of halogens is 3. The lowest BCUT2D eigenvalue weighted by atomic mass is 9.88. The molecular weight excluding hydrogens is 459 g/mol. The summed E-state index contributed by atoms with van der Waals surface area (Å²) in [6.07, 6.45) is 1.90. The van der Waals surface area contributed by atoms with Crippen molar-refractivity contribution in [2.24, 2.45) is 11.8 Å². The molecule has 3 nitrogen and oxygen atoms in total. The zero-order valence-corrected chi connectivity index (χ0v) is 20.9. The fourth-order valence-electron chi connectivity index (χ4n) is 3.87. The van der Waals surface area contributed by atoms with Crippen LogP contribution < -0.4 is 5.32 Å². The van der Waals surface area contributed by atoms with E-state index in [0.717, 1.165) is 47.8 Å². The number of carbonyl (C=O) groups is 1. The molecule has 1 aliphatic heterocycles. The molecule has 7 heteroatoms. The van der Waals surface area contributed by atoms with Crippen molar-refractivity contribution < 1.29 is 4.79 Å². The van der Waals surface area contributed by atoms with Crippen molar-refractivity contribution >= 4 is 52.9 Å². The summed E-state index contributed by atoms with van der Waals surface area (Å²) in [7, 11) is 0. The van der Waals surface area contributed by atoms with Crippen LogP contribution in [0.4, 0.5) is 0 Å². The Labute approximate surface area is 200 Å². The second-order valence-electron chi connectivity index (χ2n) is 8.30. The van der Waals surface area contributed by atoms with Crippen LogP contribution >= 0.6 is 46.9 Å². The minimum Gasteiger partial charge on any atom is -0.347 e. The van der Waals surface area contributed by atoms with Crippen molar-refractivity contribution in [3.05, 3.63) is 57.8 Å². The van der Waals surface area contributed by atoms with Gasteiger partial charge in [-0.2, -0.15) is 0 Å². The number of benzene rings is 1. The first-order valence-electron chi connectivity index (χ1n) is 10.3. The zero-order chi connectivity index (χ0) is 21.0. The number of hydrogen-bond acceptors (Lipinski definition) is 3. The Morgan fingerprint density at radius 2 is 1.80 bits per heavy atom. The van der Waals surface area contributed by atoms with Gasteiger partial charge >= 0.3 is 0 Å². The van der Waals surface area contributed by atoms with Gasteiger partial charge in [0.15, 0.2) is 0 Å². The van der Waals surface area contributed by atoms with Gasteiger partial charge in [-0.1, -0.05) is 67.4 Å². The van der Waals surface area contributed by atoms with Gasteiger partial charge in [-0.25, -0.2) is 0 Å². The molecule has 1 aromatic heterocycles. The summed E-state index contributed by atoms with van der Waals surface area (Å²) in [6, 6.07) is 14.0. The van der Waals surface area contributed by atoms with Gasteiger partial charge in [-0.15, -0.1) is 23.7 Å². The van der Waals surface area contributed by atoms with Crippen molar-refractivity contribution in [1.82, 2.24) is 10.2 Å². The third-order valence-electron chi connectivity index (χ3n) is 5.80. The van der Waals surface area contributed by atoms with E-state index < -0.39 is 4.33 Å². The Kier molecular flexibility index (Phi) is 9.51. The summed E-state index contributed by atoms with van der Waals surface area (Å²) in [6.45, 7) is 9.08. The molecule has 1 fully saturated rings. The first-order valence-corrected chi connectivity index (χ1v) is 11.9. The van der Waals surface area contributed by atoms with Crippen molar-refractivity contribution in [2.75, 3.05) is 19.6 Å². The Morgan fingerprint density at radius 1 is 1.17 bits per heavy atom. The van der Waals surface area contributed by atoms with E-state index in [2.05, 4.69) is 24.1 Å². The Balaban J connectivity index is 0.00000320. The number of thiophene rings is 1. The van der Waals surface area contributed by atoms with Gasteiger partial charge in [0.25, 0.3) is 5.91 Å². The molecule has 1 aromatic carbocycles. The molecule has 2 aromatic rings. The number of nitrogens with zero attached hydrogens (tertiary/aromatic N) is 1. The van der Waals surface area contributed by atoms with E-state index in [-0.39, 0.29) is 30.3 Å². The molecule has 166 valence electrons. The number of amides is 1. The Bertz CT molecular complexity index is 802. The lowest BCUT2D eigenvalue weighted by molar-refractivity contribution is 0.0895. The van der Waals surface area contributed by atoms with Gasteiger partial charge in [0.2, 0.25) is 0 Å². The molecule has 0 aliphatic carbocycles. The number of nitrogens with one attached hydrogen (secondary N) is 1. The van der Waals surface area contributed by atoms with Gasteiger partial charge < -0.3 is 10.2 Å². The predicted molar refractivity (Wildman–Crippen MR) is 131 cm³/mol. The molecule has 0 spiro atoms. The number of hydrogen-bond donors (Lipinski definition) is 1. The van der Waals surface area contributed by atoms with E-state index in [1.165, 1.54) is 0 Å². The van der Waals surface area contributed by atoms with Crippen LogP contribution in [0.5, 0.6) is 0 Å². The summed E-state index contributed by atoms with van der Waals surface area (Å²) in [5.41, 5.74) is 0.973. The standard InChI is InChI=1S/C23H30Cl2N2OS.ClH/c1-16(2)20(26-22(28)21-10-9-17(3)29-21)15-27-13-11-19(12-14-27)23(24,25)18-7-5-4-6-8-18;/h4-10,16,19-20H,11-15H2,1-3H3,(H,26,28);1H/t20-;/m0./s1. The van der Waals surface area contributed by atoms with Crippen LogP contribution in [-0.4, -0.2) is 36.5 Å². The first-order chi connectivity index (χ1) is 13.8. The van der Waals surface area contributed by atoms with Crippen molar-refractivity contribution in [3.63, 3.8) is 0 Å². The zero-order valence-electron chi connectivity index (χ0n) is 17.7. The topological polar surface area (TPSA) is 32.3 Å². The van der Waals surface area contributed by atoms with Crippen molar-refractivity contribution in [3.8, 4) is 0 Å². The maximum atomic E-state index is 12.6. The number of piperidine rings is 1. The Hall–Kier alpha value is -0.780. The molecule has 30 heavy (non-hydrogen) atoms. The van der Waals surface area contributed by atoms with E-state index in [1.807, 2.05) is 49.4 Å². The van der Waals surface area contributed by atoms with Crippen molar-refractivity contribution in [1.29, 1.82) is 0 Å². The first kappa shape index (κ1) is 25.5. The highest BCUT2D eigenvalue weighted by atomic mass is 35.5. The van der Waals surface area contributed by atoms with Crippen LogP contribution in [0.1, 0.15) is 46.8 Å². The highest BCUT2D eigenvalue weighted by Crippen LogP contribution is 2.45. The number of carbonyl (C=O) groups excluding carboxylic acids is 1. The second kappa shape index (κ2) is 11.2. The van der Waals surface area contributed by atoms with Gasteiger partial charge in [-0.3, -0.25) is 4.79 Å². The lowest BCUT2D eigenvalue weighted by Gasteiger charge is -2.39. The van der Waals surface area contributed by atoms with Gasteiger partial charge in [0, 0.05) is 17.5 Å². The van der Waals surface area contributed by atoms with Gasteiger partial charge in [0.05, 0.1) is 4.88 Å². The maximum Gasteiger partial charge on any atom is 0.261 e. The number of alkyl halides is 2. The van der Waals surface area contributed by atoms with E-state index in [9.17, 15) is 4.79 Å². The third-order valence-corrected chi connectivity index (χ3v) is 7.85. The quantitative estimate of drug-likeness (QED) is 0.464. The molecule has 1 amide bonds. The molecule has 0 saturated carbocycles. The molecule has 1 atom stereocenters. The van der Waals surface area contributed by atoms with E-state index in [4.69, 9.17) is 23.2 Å². The number of rotatable bonds is 7. The summed E-state index contributed by atoms with van der Waals surface area (Å²) in [5.74, 6) is 0.620. The van der Waals surface area contributed by atoms with Crippen LogP contribution in [0.15, 0.2) is 42.5 Å². The monoisotopic (exact) mass is 488 g/mol. The highest BCUT2D eigenvalue weighted by molar-refractivity contribution is 7.13. The van der Waals surface area contributed by atoms with Crippen LogP contribution in [0, 0.1) is 18.8 Å². The second-order valence-corrected chi connectivity index (χ2v) is 11.0. The van der Waals surface area contributed by atoms with Crippen LogP contribution in [0.3, 0.4) is 0 Å². The van der Waals surface area contributed by atoms with Crippen molar-refractivity contribution in [2.45, 2.75) is 44.0 Å². The average molecular weight is 490 g/mol. The van der Waals surface area contributed by atoms with Crippen LogP contribution in [-0.2, 0) is 4.33 Å². The molecule has 0 unspecified atom stereocenters. The molecule has 1 saturated heterocycles. The average Bonchev–Trinajstić information content (AvgIpc) is 3.15. The molecular formula is C23H31Cl3N2OS. The summed E-state index contributed by atoms with van der Waals surface area (Å²) >= 11 is 15.1. The summed E-state index contributed by atoms with van der Waals surface area (Å²) in [5, 5.41) is 3.24. The molecule has 3 rings (SSSR count). The van der Waals surface area contributed by atoms with Crippen LogP contribution in [0.2, 0.25) is 0 Å². The fourth-order valence-corrected chi connectivity index (χ4v) is 5.33. The molecule has 1 aliphatic rings. The van der Waals surface area contributed by atoms with Gasteiger partial charge in [0.1, 0.15) is 4.33 Å². The molecule has 1 N–H and O–H groups in total. The highest BCUT2D eigenvalue weighted by Gasteiger charge is 2.38. The minimum absolute atomic E-state index is 0. The minimum atomic E-state index is -0.851. The molecule has 0 bridgehead atoms. The van der Waals surface area contributed by atoms with E-state index in [0.29, 0.717) is 5.92 Å². The summed E-state index contributed by atoms with van der Waals surface area (Å²) in [4.78, 5) is 17.0. The SMILES string of the molecule is Cc1ccc(C(=O)N[C@@H](CN2CCC(C(Cl)(Cl)c3ccccc3)CC2)C(C)C)s1.Cl. The molecule has 2 heterocycles. The largest absolute Gasteiger partial charge is 0.347 e. The van der Waals surface area contributed by atoms with Crippen LogP contribution in [0.25, 0.3) is 0 Å².